The van der Waals surface area contributed by atoms with E-state index >= 15 is 0 Å². The molecule has 2 aliphatic rings. The minimum atomic E-state index is -4.32. The minimum Gasteiger partial charge on any atom is -0.486 e. The topological polar surface area (TPSA) is 59.8 Å². The van der Waals surface area contributed by atoms with E-state index in [0.29, 0.717) is 31.3 Å². The number of amides is 1. The number of halogens is 3. The van der Waals surface area contributed by atoms with E-state index in [4.69, 9.17) is 9.47 Å². The molecule has 2 aromatic rings. The molecule has 3 heterocycles. The highest BCUT2D eigenvalue weighted by atomic mass is 19.4. The lowest BCUT2D eigenvalue weighted by Crippen LogP contribution is -2.38. The summed E-state index contributed by atoms with van der Waals surface area (Å²) in [6.45, 7) is 0.820. The number of benzene rings is 1. The van der Waals surface area contributed by atoms with Crippen LogP contribution >= 0.6 is 0 Å². The molecule has 31 heavy (non-hydrogen) atoms. The molecular formula is C21H25F3N4O3. The van der Waals surface area contributed by atoms with Gasteiger partial charge in [0.15, 0.2) is 11.5 Å². The zero-order chi connectivity index (χ0) is 22.0. The molecule has 1 aromatic heterocycles. The van der Waals surface area contributed by atoms with E-state index in [-0.39, 0.29) is 30.9 Å². The number of carbonyl (C=O) groups is 1. The number of ether oxygens (including phenoxy) is 2. The summed E-state index contributed by atoms with van der Waals surface area (Å²) >= 11 is 0. The molecule has 2 aliphatic heterocycles. The summed E-state index contributed by atoms with van der Waals surface area (Å²) in [4.78, 5) is 20.5. The maximum Gasteiger partial charge on any atom is 0.406 e. The second-order valence-electron chi connectivity index (χ2n) is 7.91. The van der Waals surface area contributed by atoms with Gasteiger partial charge in [-0.2, -0.15) is 13.2 Å². The predicted octanol–water partition coefficient (Wildman–Crippen LogP) is 3.01. The summed E-state index contributed by atoms with van der Waals surface area (Å²) in [5.74, 6) is 1.61. The summed E-state index contributed by atoms with van der Waals surface area (Å²) < 4.78 is 50.5. The standard InChI is InChI=1S/C21H25F3N4O3/c1-26(12-19-25-6-8-27(19)14-21(22,23)24)13-20(29)28-7-2-3-16(28)15-4-5-17-18(11-15)31-10-9-30-17/h4-6,8,11,16H,2-3,7,9-10,12-14H2,1H3. The van der Waals surface area contributed by atoms with Gasteiger partial charge in [0.1, 0.15) is 25.6 Å². The van der Waals surface area contributed by atoms with E-state index in [1.54, 1.807) is 11.9 Å². The van der Waals surface area contributed by atoms with E-state index in [9.17, 15) is 18.0 Å². The van der Waals surface area contributed by atoms with Gasteiger partial charge in [-0.1, -0.05) is 6.07 Å². The number of alkyl halides is 3. The zero-order valence-corrected chi connectivity index (χ0v) is 17.3. The van der Waals surface area contributed by atoms with Crippen molar-refractivity contribution in [2.45, 2.75) is 38.1 Å². The van der Waals surface area contributed by atoms with E-state index in [1.165, 1.54) is 12.4 Å². The Labute approximate surface area is 178 Å². The first kappa shape index (κ1) is 21.5. The Morgan fingerprint density at radius 1 is 1.26 bits per heavy atom. The van der Waals surface area contributed by atoms with Crippen molar-refractivity contribution in [3.05, 3.63) is 42.0 Å². The molecule has 1 atom stereocenters. The molecule has 0 bridgehead atoms. The number of likely N-dealkylation sites (tertiary alicyclic amines) is 1. The molecule has 1 saturated heterocycles. The monoisotopic (exact) mass is 438 g/mol. The highest BCUT2D eigenvalue weighted by Crippen LogP contribution is 2.38. The summed E-state index contributed by atoms with van der Waals surface area (Å²) in [7, 11) is 1.71. The van der Waals surface area contributed by atoms with Crippen molar-refractivity contribution in [2.75, 3.05) is 33.4 Å². The van der Waals surface area contributed by atoms with Crippen molar-refractivity contribution in [2.24, 2.45) is 0 Å². The van der Waals surface area contributed by atoms with Crippen LogP contribution in [-0.2, 0) is 17.9 Å². The summed E-state index contributed by atoms with van der Waals surface area (Å²) in [5.41, 5.74) is 0.999. The van der Waals surface area contributed by atoms with Crippen LogP contribution in [0.2, 0.25) is 0 Å². The number of imidazole rings is 1. The predicted molar refractivity (Wildman–Crippen MR) is 106 cm³/mol. The van der Waals surface area contributed by atoms with Gasteiger partial charge in [-0.25, -0.2) is 4.98 Å². The molecule has 168 valence electrons. The lowest BCUT2D eigenvalue weighted by Gasteiger charge is -2.28. The largest absolute Gasteiger partial charge is 0.486 e. The Kier molecular flexibility index (Phi) is 6.08. The average molecular weight is 438 g/mol. The highest BCUT2D eigenvalue weighted by molar-refractivity contribution is 5.79. The molecule has 10 heteroatoms. The van der Waals surface area contributed by atoms with E-state index in [1.807, 2.05) is 23.1 Å². The Balaban J connectivity index is 1.39. The Morgan fingerprint density at radius 3 is 2.81 bits per heavy atom. The van der Waals surface area contributed by atoms with Crippen LogP contribution in [0.4, 0.5) is 13.2 Å². The van der Waals surface area contributed by atoms with Crippen molar-refractivity contribution in [1.29, 1.82) is 0 Å². The second-order valence-corrected chi connectivity index (χ2v) is 7.91. The summed E-state index contributed by atoms with van der Waals surface area (Å²) in [5, 5.41) is 0. The maximum absolute atomic E-state index is 13.0. The van der Waals surface area contributed by atoms with Crippen LogP contribution in [0.1, 0.15) is 30.3 Å². The number of aromatic nitrogens is 2. The van der Waals surface area contributed by atoms with E-state index in [2.05, 4.69) is 4.98 Å². The third-order valence-electron chi connectivity index (χ3n) is 5.49. The van der Waals surface area contributed by atoms with Gasteiger partial charge in [0.05, 0.1) is 19.1 Å². The summed E-state index contributed by atoms with van der Waals surface area (Å²) in [6, 6.07) is 5.71. The van der Waals surface area contributed by atoms with Crippen molar-refractivity contribution < 1.29 is 27.4 Å². The van der Waals surface area contributed by atoms with E-state index in [0.717, 1.165) is 23.0 Å². The van der Waals surface area contributed by atoms with Crippen LogP contribution in [0, 0.1) is 0 Å². The molecule has 1 amide bonds. The molecule has 7 nitrogen and oxygen atoms in total. The third kappa shape index (κ3) is 5.12. The Hall–Kier alpha value is -2.75. The van der Waals surface area contributed by atoms with E-state index < -0.39 is 12.7 Å². The van der Waals surface area contributed by atoms with Crippen LogP contribution in [0.3, 0.4) is 0 Å². The molecular weight excluding hydrogens is 413 g/mol. The number of hydrogen-bond acceptors (Lipinski definition) is 5. The molecule has 1 aromatic carbocycles. The van der Waals surface area contributed by atoms with Gasteiger partial charge in [-0.15, -0.1) is 0 Å². The number of likely N-dealkylation sites (N-methyl/N-ethyl adjacent to an activating group) is 1. The first-order valence-corrected chi connectivity index (χ1v) is 10.2. The van der Waals surface area contributed by atoms with Crippen LogP contribution in [-0.4, -0.2) is 64.8 Å². The average Bonchev–Trinajstić information content (AvgIpc) is 3.36. The third-order valence-corrected chi connectivity index (χ3v) is 5.49. The van der Waals surface area contributed by atoms with Crippen molar-refractivity contribution in [3.8, 4) is 11.5 Å². The normalized spacial score (nSPS) is 18.6. The van der Waals surface area contributed by atoms with Crippen LogP contribution in [0.25, 0.3) is 0 Å². The van der Waals surface area contributed by atoms with Gasteiger partial charge >= 0.3 is 6.18 Å². The molecule has 1 fully saturated rings. The molecule has 0 spiro atoms. The molecule has 4 rings (SSSR count). The number of hydrogen-bond donors (Lipinski definition) is 0. The number of carbonyl (C=O) groups excluding carboxylic acids is 1. The summed E-state index contributed by atoms with van der Waals surface area (Å²) in [6.07, 6.45) is 0.0673. The fourth-order valence-electron chi connectivity index (χ4n) is 4.13. The highest BCUT2D eigenvalue weighted by Gasteiger charge is 2.32. The van der Waals surface area contributed by atoms with Gasteiger partial charge in [-0.3, -0.25) is 9.69 Å². The number of rotatable bonds is 6. The van der Waals surface area contributed by atoms with Crippen LogP contribution < -0.4 is 9.47 Å². The van der Waals surface area contributed by atoms with Gasteiger partial charge in [-0.05, 0) is 37.6 Å². The number of nitrogens with zero attached hydrogens (tertiary/aromatic N) is 4. The quantitative estimate of drug-likeness (QED) is 0.694. The molecule has 0 saturated carbocycles. The lowest BCUT2D eigenvalue weighted by atomic mass is 10.0. The smallest absolute Gasteiger partial charge is 0.406 e. The Morgan fingerprint density at radius 2 is 2.03 bits per heavy atom. The second kappa shape index (κ2) is 8.78. The number of fused-ring (bicyclic) bond motifs is 1. The van der Waals surface area contributed by atoms with Gasteiger partial charge in [0, 0.05) is 18.9 Å². The van der Waals surface area contributed by atoms with Gasteiger partial charge in [0.25, 0.3) is 0 Å². The molecule has 0 radical (unpaired) electrons. The zero-order valence-electron chi connectivity index (χ0n) is 17.3. The molecule has 0 N–H and O–H groups in total. The van der Waals surface area contributed by atoms with Crippen molar-refractivity contribution in [3.63, 3.8) is 0 Å². The molecule has 1 unspecified atom stereocenters. The maximum atomic E-state index is 13.0. The first-order valence-electron chi connectivity index (χ1n) is 10.2. The van der Waals surface area contributed by atoms with Crippen LogP contribution in [0.15, 0.2) is 30.6 Å². The van der Waals surface area contributed by atoms with Crippen LogP contribution in [0.5, 0.6) is 11.5 Å². The fourth-order valence-corrected chi connectivity index (χ4v) is 4.13. The fraction of sp³-hybridized carbons (Fsp3) is 0.524. The minimum absolute atomic E-state index is 0.0519. The van der Waals surface area contributed by atoms with Gasteiger partial charge in [0.2, 0.25) is 5.91 Å². The van der Waals surface area contributed by atoms with Crippen molar-refractivity contribution in [1.82, 2.24) is 19.4 Å². The van der Waals surface area contributed by atoms with Gasteiger partial charge < -0.3 is 18.9 Å². The van der Waals surface area contributed by atoms with Crippen molar-refractivity contribution >= 4 is 5.91 Å². The SMILES string of the molecule is CN(CC(=O)N1CCCC1c1ccc2c(c1)OCCO2)Cc1nccn1CC(F)(F)F. The Bertz CT molecular complexity index is 931. The molecule has 0 aliphatic carbocycles. The first-order chi connectivity index (χ1) is 14.8. The lowest BCUT2D eigenvalue weighted by molar-refractivity contribution is -0.141.